The van der Waals surface area contributed by atoms with Crippen molar-refractivity contribution in [1.29, 1.82) is 0 Å². The highest BCUT2D eigenvalue weighted by Crippen LogP contribution is 2.43. The number of epoxide rings is 1. The van der Waals surface area contributed by atoms with Crippen molar-refractivity contribution in [2.75, 3.05) is 26.4 Å². The maximum Gasteiger partial charge on any atom is 0.472 e. The Balaban J connectivity index is 2.21. The number of rotatable bonds is 36. The van der Waals surface area contributed by atoms with Gasteiger partial charge in [0, 0.05) is 19.4 Å². The zero-order valence-corrected chi connectivity index (χ0v) is 32.0. The van der Waals surface area contributed by atoms with Gasteiger partial charge >= 0.3 is 19.8 Å². The maximum atomic E-state index is 12.5. The summed E-state index contributed by atoms with van der Waals surface area (Å²) >= 11 is 0. The molecule has 10 nitrogen and oxygen atoms in total. The number of phosphoric acid groups is 1. The predicted octanol–water partition coefficient (Wildman–Crippen LogP) is 9.65. The van der Waals surface area contributed by atoms with Crippen LogP contribution in [-0.2, 0) is 37.4 Å². The SMILES string of the molecule is CCCCCCCCCCCCCCC(=O)OC[C@H](COP(=O)(O)OCCN)OC(=O)CCCCCCC/C=C\CC1OC1CCCCC. The molecule has 288 valence electrons. The minimum atomic E-state index is -4.37. The summed E-state index contributed by atoms with van der Waals surface area (Å²) in [5.74, 6) is -0.846. The molecular formula is C38H72NO9P. The zero-order valence-electron chi connectivity index (χ0n) is 31.1. The van der Waals surface area contributed by atoms with Crippen molar-refractivity contribution in [3.8, 4) is 0 Å². The Morgan fingerprint density at radius 2 is 1.27 bits per heavy atom. The van der Waals surface area contributed by atoms with E-state index in [1.54, 1.807) is 0 Å². The van der Waals surface area contributed by atoms with Crippen molar-refractivity contribution in [3.63, 3.8) is 0 Å². The van der Waals surface area contributed by atoms with Crippen molar-refractivity contribution >= 4 is 19.8 Å². The third-order valence-electron chi connectivity index (χ3n) is 8.83. The number of carbonyl (C=O) groups excluding carboxylic acids is 2. The average molecular weight is 718 g/mol. The van der Waals surface area contributed by atoms with Crippen LogP contribution >= 0.6 is 7.82 Å². The molecule has 0 amide bonds. The fourth-order valence-corrected chi connectivity index (χ4v) is 6.52. The Morgan fingerprint density at radius 1 is 0.714 bits per heavy atom. The second-order valence-electron chi connectivity index (χ2n) is 13.5. The molecule has 11 heteroatoms. The van der Waals surface area contributed by atoms with E-state index < -0.39 is 26.5 Å². The maximum absolute atomic E-state index is 12.5. The van der Waals surface area contributed by atoms with Gasteiger partial charge in [-0.25, -0.2) is 4.57 Å². The summed E-state index contributed by atoms with van der Waals surface area (Å²) in [5, 5.41) is 0. The fourth-order valence-electron chi connectivity index (χ4n) is 5.76. The highest BCUT2D eigenvalue weighted by molar-refractivity contribution is 7.47. The molecule has 3 unspecified atom stereocenters. The molecule has 0 aromatic rings. The zero-order chi connectivity index (χ0) is 35.8. The van der Waals surface area contributed by atoms with E-state index in [9.17, 15) is 19.0 Å². The predicted molar refractivity (Wildman–Crippen MR) is 196 cm³/mol. The van der Waals surface area contributed by atoms with Crippen molar-refractivity contribution in [2.45, 2.75) is 193 Å². The van der Waals surface area contributed by atoms with E-state index in [2.05, 4.69) is 26.0 Å². The number of ether oxygens (including phenoxy) is 3. The lowest BCUT2D eigenvalue weighted by molar-refractivity contribution is -0.161. The smallest absolute Gasteiger partial charge is 0.462 e. The first kappa shape index (κ1) is 45.7. The van der Waals surface area contributed by atoms with Gasteiger partial charge < -0.3 is 24.8 Å². The Bertz CT molecular complexity index is 887. The van der Waals surface area contributed by atoms with Crippen molar-refractivity contribution in [2.24, 2.45) is 5.73 Å². The van der Waals surface area contributed by atoms with Crippen LogP contribution in [0.2, 0.25) is 0 Å². The lowest BCUT2D eigenvalue weighted by Gasteiger charge is -2.19. The van der Waals surface area contributed by atoms with Crippen molar-refractivity contribution < 1.29 is 42.3 Å². The number of allylic oxidation sites excluding steroid dienone is 1. The second-order valence-corrected chi connectivity index (χ2v) is 15.0. The van der Waals surface area contributed by atoms with Gasteiger partial charge in [-0.15, -0.1) is 0 Å². The van der Waals surface area contributed by atoms with Crippen LogP contribution in [-0.4, -0.2) is 61.5 Å². The second kappa shape index (κ2) is 31.4. The summed E-state index contributed by atoms with van der Waals surface area (Å²) in [6, 6.07) is 0. The van der Waals surface area contributed by atoms with Crippen LogP contribution in [0.15, 0.2) is 12.2 Å². The first-order chi connectivity index (χ1) is 23.8. The van der Waals surface area contributed by atoms with E-state index in [1.165, 1.54) is 83.5 Å². The molecule has 1 heterocycles. The van der Waals surface area contributed by atoms with Crippen LogP contribution in [0.25, 0.3) is 0 Å². The summed E-state index contributed by atoms with van der Waals surface area (Å²) < 4.78 is 38.4. The summed E-state index contributed by atoms with van der Waals surface area (Å²) in [6.45, 7) is 3.67. The molecule has 1 saturated heterocycles. The van der Waals surface area contributed by atoms with Crippen molar-refractivity contribution in [1.82, 2.24) is 0 Å². The lowest BCUT2D eigenvalue weighted by atomic mass is 10.0. The number of nitrogens with two attached hydrogens (primary N) is 1. The molecule has 0 aromatic heterocycles. The minimum absolute atomic E-state index is 0.0508. The Hall–Kier alpha value is -1.29. The summed E-state index contributed by atoms with van der Waals surface area (Å²) in [4.78, 5) is 34.7. The number of hydrogen-bond donors (Lipinski definition) is 2. The quantitative estimate of drug-likeness (QED) is 0.0211. The minimum Gasteiger partial charge on any atom is -0.462 e. The van der Waals surface area contributed by atoms with Gasteiger partial charge in [0.05, 0.1) is 25.4 Å². The molecule has 0 aliphatic carbocycles. The first-order valence-electron chi connectivity index (χ1n) is 19.8. The van der Waals surface area contributed by atoms with Gasteiger partial charge in [-0.3, -0.25) is 18.6 Å². The molecule has 0 saturated carbocycles. The van der Waals surface area contributed by atoms with E-state index in [0.29, 0.717) is 18.6 Å². The molecule has 0 spiro atoms. The largest absolute Gasteiger partial charge is 0.472 e. The normalized spacial score (nSPS) is 17.6. The van der Waals surface area contributed by atoms with E-state index in [0.717, 1.165) is 57.8 Å². The molecule has 3 N–H and O–H groups in total. The third-order valence-corrected chi connectivity index (χ3v) is 9.81. The highest BCUT2D eigenvalue weighted by Gasteiger charge is 2.36. The fraction of sp³-hybridized carbons (Fsp3) is 0.895. The molecular weight excluding hydrogens is 645 g/mol. The number of carbonyl (C=O) groups is 2. The van der Waals surface area contributed by atoms with Crippen molar-refractivity contribution in [3.05, 3.63) is 12.2 Å². The Labute approximate surface area is 298 Å². The summed E-state index contributed by atoms with van der Waals surface area (Å²) in [6.07, 6.45) is 31.2. The van der Waals surface area contributed by atoms with Crippen LogP contribution in [0.4, 0.5) is 0 Å². The number of hydrogen-bond acceptors (Lipinski definition) is 9. The van der Waals surface area contributed by atoms with Crippen LogP contribution in [0.5, 0.6) is 0 Å². The lowest BCUT2D eigenvalue weighted by Crippen LogP contribution is -2.29. The molecule has 1 aliphatic heterocycles. The van der Waals surface area contributed by atoms with Gasteiger partial charge in [0.15, 0.2) is 6.10 Å². The van der Waals surface area contributed by atoms with Crippen LogP contribution in [0.1, 0.15) is 174 Å². The molecule has 0 aromatic carbocycles. The van der Waals surface area contributed by atoms with Gasteiger partial charge in [-0.1, -0.05) is 135 Å². The third kappa shape index (κ3) is 29.0. The van der Waals surface area contributed by atoms with E-state index in [1.807, 2.05) is 0 Å². The molecule has 1 rings (SSSR count). The number of phosphoric ester groups is 1. The Morgan fingerprint density at radius 3 is 1.88 bits per heavy atom. The van der Waals surface area contributed by atoms with Crippen LogP contribution in [0.3, 0.4) is 0 Å². The van der Waals surface area contributed by atoms with Gasteiger partial charge in [0.2, 0.25) is 0 Å². The van der Waals surface area contributed by atoms with E-state index in [4.69, 9.17) is 29.0 Å². The molecule has 1 fully saturated rings. The molecule has 0 radical (unpaired) electrons. The molecule has 4 atom stereocenters. The first-order valence-corrected chi connectivity index (χ1v) is 21.3. The van der Waals surface area contributed by atoms with Gasteiger partial charge in [0.25, 0.3) is 0 Å². The Kier molecular flexibility index (Phi) is 29.3. The van der Waals surface area contributed by atoms with Crippen LogP contribution < -0.4 is 5.73 Å². The average Bonchev–Trinajstić information content (AvgIpc) is 3.84. The summed E-state index contributed by atoms with van der Waals surface area (Å²) in [7, 11) is -4.37. The van der Waals surface area contributed by atoms with E-state index >= 15 is 0 Å². The molecule has 1 aliphatic rings. The molecule has 49 heavy (non-hydrogen) atoms. The van der Waals surface area contributed by atoms with Gasteiger partial charge in [-0.2, -0.15) is 0 Å². The van der Waals surface area contributed by atoms with Crippen LogP contribution in [0, 0.1) is 0 Å². The topological polar surface area (TPSA) is 147 Å². The molecule has 0 bridgehead atoms. The number of esters is 2. The van der Waals surface area contributed by atoms with Gasteiger partial charge in [0.1, 0.15) is 6.61 Å². The standard InChI is InChI=1S/C38H72NO9P/c1-3-5-7-8-9-10-11-12-13-17-20-24-28-37(40)44-32-34(33-46-49(42,43)45-31-30-39)47-38(41)29-25-21-18-15-14-16-19-23-27-36-35(48-36)26-22-6-4-2/h19,23,34-36H,3-18,20-22,24-33,39H2,1-2H3,(H,42,43)/b23-19-/t34-,35?,36?/m1/s1. The highest BCUT2D eigenvalue weighted by atomic mass is 31.2. The summed E-state index contributed by atoms with van der Waals surface area (Å²) in [5.41, 5.74) is 5.33. The van der Waals surface area contributed by atoms with E-state index in [-0.39, 0.29) is 38.6 Å². The number of unbranched alkanes of at least 4 members (excludes halogenated alkanes) is 18. The monoisotopic (exact) mass is 717 g/mol. The van der Waals surface area contributed by atoms with Gasteiger partial charge in [-0.05, 0) is 38.5 Å².